The van der Waals surface area contributed by atoms with E-state index in [4.69, 9.17) is 14.2 Å². The molecule has 0 saturated carbocycles. The molecule has 31 heavy (non-hydrogen) atoms. The number of methoxy groups -OCH3 is 2. The molecule has 0 bridgehead atoms. The fourth-order valence-corrected chi connectivity index (χ4v) is 4.87. The number of ether oxygens (including phenoxy) is 3. The van der Waals surface area contributed by atoms with Gasteiger partial charge in [-0.05, 0) is 49.1 Å². The molecule has 0 aliphatic heterocycles. The number of aryl methyl sites for hydroxylation is 1. The first kappa shape index (κ1) is 24.5. The van der Waals surface area contributed by atoms with Gasteiger partial charge in [0.2, 0.25) is 0 Å². The van der Waals surface area contributed by atoms with E-state index in [0.29, 0.717) is 18.8 Å². The molecule has 0 aliphatic carbocycles. The smallest absolute Gasteiger partial charge is 0.304 e. The summed E-state index contributed by atoms with van der Waals surface area (Å²) in [6.45, 7) is 2.75. The van der Waals surface area contributed by atoms with Gasteiger partial charge in [0, 0.05) is 6.07 Å². The highest BCUT2D eigenvalue weighted by molar-refractivity contribution is 7.92. The molecule has 1 unspecified atom stereocenters. The third-order valence-electron chi connectivity index (χ3n) is 4.97. The summed E-state index contributed by atoms with van der Waals surface area (Å²) in [5, 5.41) is 8.22. The standard InChI is InChI=1S/C23H30O7S/c1-4-5-14-30-18-9-6-17(7-10-18)8-11-20(16-23(24)25)31(26,27)19-12-13-21(28-2)22(15-19)29-3/h6-7,9-10,12-13,15,20H,4-5,8,11,14,16H2,1-3H3,(H,24,25). The number of carboxylic acids is 1. The molecule has 0 spiro atoms. The van der Waals surface area contributed by atoms with Gasteiger partial charge in [-0.1, -0.05) is 25.5 Å². The maximum Gasteiger partial charge on any atom is 0.304 e. The SMILES string of the molecule is CCCCOc1ccc(CCC(CC(=O)O)S(=O)(=O)c2ccc(OC)c(OC)c2)cc1. The Bertz CT molecular complexity index is 952. The molecular weight excluding hydrogens is 420 g/mol. The van der Waals surface area contributed by atoms with Gasteiger partial charge in [-0.2, -0.15) is 0 Å². The Kier molecular flexibility index (Phi) is 9.18. The lowest BCUT2D eigenvalue weighted by Crippen LogP contribution is -2.25. The number of sulfone groups is 1. The summed E-state index contributed by atoms with van der Waals surface area (Å²) < 4.78 is 42.3. The quantitative estimate of drug-likeness (QED) is 0.458. The second kappa shape index (κ2) is 11.6. The van der Waals surface area contributed by atoms with E-state index in [-0.39, 0.29) is 17.1 Å². The topological polar surface area (TPSA) is 99.1 Å². The summed E-state index contributed by atoms with van der Waals surface area (Å²) >= 11 is 0. The van der Waals surface area contributed by atoms with Crippen LogP contribution in [0.5, 0.6) is 17.2 Å². The number of carboxylic acid groups (broad SMARTS) is 1. The molecule has 2 rings (SSSR count). The summed E-state index contributed by atoms with van der Waals surface area (Å²) in [5.74, 6) is 0.278. The monoisotopic (exact) mass is 450 g/mol. The van der Waals surface area contributed by atoms with Gasteiger partial charge in [0.05, 0.1) is 37.4 Å². The normalized spacial score (nSPS) is 12.2. The molecule has 0 heterocycles. The van der Waals surface area contributed by atoms with Crippen molar-refractivity contribution in [3.05, 3.63) is 48.0 Å². The summed E-state index contributed by atoms with van der Waals surface area (Å²) in [6, 6.07) is 11.7. The van der Waals surface area contributed by atoms with E-state index < -0.39 is 27.5 Å². The lowest BCUT2D eigenvalue weighted by molar-refractivity contribution is -0.137. The molecule has 2 aromatic carbocycles. The molecule has 0 amide bonds. The van der Waals surface area contributed by atoms with E-state index >= 15 is 0 Å². The number of carbonyl (C=O) groups is 1. The van der Waals surface area contributed by atoms with Gasteiger partial charge in [-0.3, -0.25) is 4.79 Å². The molecule has 8 heteroatoms. The zero-order valence-corrected chi connectivity index (χ0v) is 19.0. The minimum absolute atomic E-state index is 0.0103. The zero-order valence-electron chi connectivity index (χ0n) is 18.2. The van der Waals surface area contributed by atoms with Gasteiger partial charge in [0.25, 0.3) is 0 Å². The van der Waals surface area contributed by atoms with Crippen LogP contribution >= 0.6 is 0 Å². The van der Waals surface area contributed by atoms with Crippen LogP contribution in [-0.4, -0.2) is 45.6 Å². The van der Waals surface area contributed by atoms with E-state index in [1.54, 1.807) is 0 Å². The summed E-state index contributed by atoms with van der Waals surface area (Å²) in [5.41, 5.74) is 0.917. The van der Waals surface area contributed by atoms with Crippen molar-refractivity contribution in [1.29, 1.82) is 0 Å². The number of aliphatic carboxylic acids is 1. The Balaban J connectivity index is 2.16. The number of hydrogen-bond acceptors (Lipinski definition) is 6. The van der Waals surface area contributed by atoms with E-state index in [0.717, 1.165) is 24.2 Å². The second-order valence-corrected chi connectivity index (χ2v) is 9.39. The molecule has 1 N–H and O–H groups in total. The molecule has 0 radical (unpaired) electrons. The number of benzene rings is 2. The van der Waals surface area contributed by atoms with Crippen molar-refractivity contribution in [1.82, 2.24) is 0 Å². The average molecular weight is 451 g/mol. The third kappa shape index (κ3) is 6.89. The fourth-order valence-electron chi connectivity index (χ4n) is 3.16. The van der Waals surface area contributed by atoms with Crippen LogP contribution < -0.4 is 14.2 Å². The first-order valence-corrected chi connectivity index (χ1v) is 11.8. The zero-order chi connectivity index (χ0) is 22.9. The van der Waals surface area contributed by atoms with Crippen molar-refractivity contribution in [2.45, 2.75) is 49.2 Å². The Morgan fingerprint density at radius 1 is 1.03 bits per heavy atom. The van der Waals surface area contributed by atoms with Crippen molar-refractivity contribution in [2.24, 2.45) is 0 Å². The van der Waals surface area contributed by atoms with Crippen LogP contribution in [0, 0.1) is 0 Å². The van der Waals surface area contributed by atoms with E-state index in [1.165, 1.54) is 32.4 Å². The molecule has 1 atom stereocenters. The maximum atomic E-state index is 13.2. The van der Waals surface area contributed by atoms with Crippen molar-refractivity contribution >= 4 is 15.8 Å². The Morgan fingerprint density at radius 3 is 2.29 bits per heavy atom. The molecule has 0 fully saturated rings. The molecule has 0 aliphatic rings. The number of unbranched alkanes of at least 4 members (excludes halogenated alkanes) is 1. The highest BCUT2D eigenvalue weighted by Gasteiger charge is 2.30. The van der Waals surface area contributed by atoms with Crippen LogP contribution in [0.25, 0.3) is 0 Å². The first-order chi connectivity index (χ1) is 14.8. The molecular formula is C23H30O7S. The van der Waals surface area contributed by atoms with Crippen LogP contribution in [-0.2, 0) is 21.1 Å². The molecule has 2 aromatic rings. The van der Waals surface area contributed by atoms with Crippen LogP contribution in [0.3, 0.4) is 0 Å². The second-order valence-electron chi connectivity index (χ2n) is 7.17. The third-order valence-corrected chi connectivity index (χ3v) is 7.16. The van der Waals surface area contributed by atoms with Crippen LogP contribution in [0.2, 0.25) is 0 Å². The van der Waals surface area contributed by atoms with Gasteiger partial charge in [-0.15, -0.1) is 0 Å². The van der Waals surface area contributed by atoms with Gasteiger partial charge in [0.15, 0.2) is 21.3 Å². The fraction of sp³-hybridized carbons (Fsp3) is 0.435. The molecule has 170 valence electrons. The largest absolute Gasteiger partial charge is 0.494 e. The predicted octanol–water partition coefficient (Wildman–Crippen LogP) is 4.13. The lowest BCUT2D eigenvalue weighted by Gasteiger charge is -2.17. The van der Waals surface area contributed by atoms with Gasteiger partial charge < -0.3 is 19.3 Å². The minimum Gasteiger partial charge on any atom is -0.494 e. The Hall–Kier alpha value is -2.74. The first-order valence-electron chi connectivity index (χ1n) is 10.2. The van der Waals surface area contributed by atoms with Gasteiger partial charge in [0.1, 0.15) is 5.75 Å². The Labute approximate surface area is 183 Å². The average Bonchev–Trinajstić information content (AvgIpc) is 2.76. The lowest BCUT2D eigenvalue weighted by atomic mass is 10.1. The summed E-state index contributed by atoms with van der Waals surface area (Å²) in [7, 11) is -1.02. The van der Waals surface area contributed by atoms with E-state index in [1.807, 2.05) is 24.3 Å². The van der Waals surface area contributed by atoms with Gasteiger partial charge in [-0.25, -0.2) is 8.42 Å². The Morgan fingerprint density at radius 2 is 1.71 bits per heavy atom. The summed E-state index contributed by atoms with van der Waals surface area (Å²) in [4.78, 5) is 11.4. The molecule has 0 aromatic heterocycles. The van der Waals surface area contributed by atoms with Crippen LogP contribution in [0.4, 0.5) is 0 Å². The van der Waals surface area contributed by atoms with E-state index in [9.17, 15) is 18.3 Å². The molecule has 7 nitrogen and oxygen atoms in total. The number of rotatable bonds is 13. The maximum absolute atomic E-state index is 13.2. The van der Waals surface area contributed by atoms with Crippen molar-refractivity contribution < 1.29 is 32.5 Å². The van der Waals surface area contributed by atoms with Crippen LogP contribution in [0.1, 0.15) is 38.2 Å². The highest BCUT2D eigenvalue weighted by atomic mass is 32.2. The number of hydrogen-bond donors (Lipinski definition) is 1. The van der Waals surface area contributed by atoms with Crippen LogP contribution in [0.15, 0.2) is 47.4 Å². The van der Waals surface area contributed by atoms with Gasteiger partial charge >= 0.3 is 5.97 Å². The highest BCUT2D eigenvalue weighted by Crippen LogP contribution is 2.32. The van der Waals surface area contributed by atoms with Crippen molar-refractivity contribution in [2.75, 3.05) is 20.8 Å². The summed E-state index contributed by atoms with van der Waals surface area (Å²) in [6.07, 6.45) is 2.16. The van der Waals surface area contributed by atoms with Crippen molar-refractivity contribution in [3.8, 4) is 17.2 Å². The van der Waals surface area contributed by atoms with E-state index in [2.05, 4.69) is 6.92 Å². The minimum atomic E-state index is -3.89. The predicted molar refractivity (Wildman–Crippen MR) is 118 cm³/mol. The molecule has 0 saturated heterocycles. The van der Waals surface area contributed by atoms with Crippen molar-refractivity contribution in [3.63, 3.8) is 0 Å².